The Morgan fingerprint density at radius 1 is 0.431 bits per heavy atom. The Morgan fingerprint density at radius 2 is 0.784 bits per heavy atom. The maximum atomic E-state index is 6.44. The molecule has 0 aromatic heterocycles. The van der Waals surface area contributed by atoms with E-state index < -0.39 is 0 Å². The van der Waals surface area contributed by atoms with Crippen molar-refractivity contribution in [1.82, 2.24) is 0 Å². The van der Waals surface area contributed by atoms with Crippen LogP contribution >= 0.6 is 0 Å². The molecule has 6 saturated carbocycles. The Morgan fingerprint density at radius 3 is 1.18 bits per heavy atom. The maximum absolute atomic E-state index is 6.44. The molecule has 0 spiro atoms. The van der Waals surface area contributed by atoms with E-state index in [0.29, 0.717) is 0 Å². The lowest BCUT2D eigenvalue weighted by Gasteiger charge is -2.29. The molecule has 0 amide bonds. The van der Waals surface area contributed by atoms with E-state index in [2.05, 4.69) is 35.0 Å². The van der Waals surface area contributed by atoms with Crippen molar-refractivity contribution in [3.63, 3.8) is 0 Å². The molecule has 6 aliphatic rings. The summed E-state index contributed by atoms with van der Waals surface area (Å²) >= 11 is 0. The summed E-state index contributed by atoms with van der Waals surface area (Å²) in [6, 6.07) is 0. The first-order chi connectivity index (χ1) is 24.8. The van der Waals surface area contributed by atoms with Crippen LogP contribution in [0.5, 0.6) is 0 Å². The van der Waals surface area contributed by atoms with Crippen molar-refractivity contribution in [3.05, 3.63) is 0 Å². The normalized spacial score (nSPS) is 36.6. The third-order valence-electron chi connectivity index (χ3n) is 15.2. The van der Waals surface area contributed by atoms with Gasteiger partial charge in [-0.2, -0.15) is 0 Å². The van der Waals surface area contributed by atoms with Crippen molar-refractivity contribution in [2.45, 2.75) is 187 Å². The molecule has 6 fully saturated rings. The zero-order chi connectivity index (χ0) is 35.6. The van der Waals surface area contributed by atoms with Crippen LogP contribution in [0.4, 0.5) is 0 Å². The molecule has 6 aliphatic carbocycles. The molecule has 3 heteroatoms. The topological polar surface area (TPSA) is 18.5 Å². The van der Waals surface area contributed by atoms with Gasteiger partial charge in [0, 0.05) is 13.2 Å². The Kier molecular flexibility index (Phi) is 16.0. The van der Waals surface area contributed by atoms with Gasteiger partial charge in [-0.1, -0.05) is 104 Å². The zero-order valence-electron chi connectivity index (χ0n) is 35.0. The van der Waals surface area contributed by atoms with Gasteiger partial charge in [0.05, 0.1) is 27.7 Å². The first kappa shape index (κ1) is 40.5. The molecule has 0 aromatic rings. The van der Waals surface area contributed by atoms with Crippen LogP contribution in [0.15, 0.2) is 0 Å². The Bertz CT molecular complexity index is 975. The van der Waals surface area contributed by atoms with E-state index in [4.69, 9.17) is 9.47 Å². The highest BCUT2D eigenvalue weighted by Crippen LogP contribution is 2.59. The smallest absolute Gasteiger partial charge is 0.130 e. The number of unbranched alkanes of at least 4 members (excludes halogenated alkanes) is 8. The van der Waals surface area contributed by atoms with Gasteiger partial charge in [0.15, 0.2) is 0 Å². The van der Waals surface area contributed by atoms with E-state index in [9.17, 15) is 0 Å². The highest BCUT2D eigenvalue weighted by atomic mass is 16.5. The average molecular weight is 711 g/mol. The Balaban J connectivity index is 0.705. The molecule has 13 unspecified atom stereocenters. The van der Waals surface area contributed by atoms with Crippen LogP contribution < -0.4 is 0 Å². The van der Waals surface area contributed by atoms with Crippen molar-refractivity contribution >= 4 is 0 Å². The summed E-state index contributed by atoms with van der Waals surface area (Å²) in [5, 5.41) is 0. The summed E-state index contributed by atoms with van der Waals surface area (Å²) in [5.41, 5.74) is 0. The SMILES string of the molecule is CCCCCC1CC1CC1CC1CC1CC1CCCCCOCC(C[N+](C)(C)C)OCCCCCC1CC1CC1CC1CC1CC1CCCCC. The lowest BCUT2D eigenvalue weighted by Crippen LogP contribution is -2.44. The number of hydrogen-bond donors (Lipinski definition) is 0. The molecule has 0 saturated heterocycles. The summed E-state index contributed by atoms with van der Waals surface area (Å²) in [7, 11) is 6.86. The van der Waals surface area contributed by atoms with Crippen molar-refractivity contribution in [2.75, 3.05) is 47.5 Å². The first-order valence-corrected chi connectivity index (χ1v) is 23.8. The molecular weight excluding hydrogens is 623 g/mol. The number of quaternary nitrogens is 1. The van der Waals surface area contributed by atoms with Gasteiger partial charge in [0.1, 0.15) is 12.6 Å². The van der Waals surface area contributed by atoms with Crippen LogP contribution in [-0.2, 0) is 9.47 Å². The monoisotopic (exact) mass is 711 g/mol. The highest BCUT2D eigenvalue weighted by Gasteiger charge is 2.49. The van der Waals surface area contributed by atoms with E-state index in [-0.39, 0.29) is 6.10 Å². The van der Waals surface area contributed by atoms with Gasteiger partial charge in [0.25, 0.3) is 0 Å². The third kappa shape index (κ3) is 15.5. The zero-order valence-corrected chi connectivity index (χ0v) is 35.0. The summed E-state index contributed by atoms with van der Waals surface area (Å²) in [6.45, 7) is 8.32. The first-order valence-electron chi connectivity index (χ1n) is 23.8. The summed E-state index contributed by atoms with van der Waals surface area (Å²) in [6.07, 6.45) is 38.7. The molecule has 0 heterocycles. The molecule has 0 N–H and O–H groups in total. The fraction of sp³-hybridized carbons (Fsp3) is 1.00. The molecule has 296 valence electrons. The van der Waals surface area contributed by atoms with E-state index >= 15 is 0 Å². The quantitative estimate of drug-likeness (QED) is 0.0499. The fourth-order valence-corrected chi connectivity index (χ4v) is 11.2. The lowest BCUT2D eigenvalue weighted by molar-refractivity contribution is -0.873. The molecular formula is C48H88NO2+. The minimum atomic E-state index is 0.233. The maximum Gasteiger partial charge on any atom is 0.130 e. The van der Waals surface area contributed by atoms with Crippen LogP contribution in [0.3, 0.4) is 0 Å². The molecule has 0 bridgehead atoms. The Hall–Kier alpha value is -0.120. The second-order valence-corrected chi connectivity index (χ2v) is 21.2. The minimum absolute atomic E-state index is 0.233. The number of ether oxygens (including phenoxy) is 2. The van der Waals surface area contributed by atoms with Crippen molar-refractivity contribution in [1.29, 1.82) is 0 Å². The van der Waals surface area contributed by atoms with E-state index in [0.717, 1.165) is 102 Å². The summed E-state index contributed by atoms with van der Waals surface area (Å²) in [5.74, 6) is 13.4. The molecule has 51 heavy (non-hydrogen) atoms. The second-order valence-electron chi connectivity index (χ2n) is 21.2. The molecule has 3 nitrogen and oxygen atoms in total. The minimum Gasteiger partial charge on any atom is -0.379 e. The fourth-order valence-electron chi connectivity index (χ4n) is 11.2. The van der Waals surface area contributed by atoms with Crippen molar-refractivity contribution in [2.24, 2.45) is 71.0 Å². The molecule has 13 atom stereocenters. The van der Waals surface area contributed by atoms with Gasteiger partial charge >= 0.3 is 0 Å². The molecule has 0 radical (unpaired) electrons. The van der Waals surface area contributed by atoms with Gasteiger partial charge in [0.2, 0.25) is 0 Å². The van der Waals surface area contributed by atoms with Crippen LogP contribution in [0.2, 0.25) is 0 Å². The number of rotatable bonds is 33. The molecule has 6 rings (SSSR count). The van der Waals surface area contributed by atoms with Gasteiger partial charge in [-0.25, -0.2) is 0 Å². The number of hydrogen-bond acceptors (Lipinski definition) is 2. The van der Waals surface area contributed by atoms with Crippen LogP contribution in [0.1, 0.15) is 181 Å². The van der Waals surface area contributed by atoms with Gasteiger partial charge in [-0.3, -0.25) is 0 Å². The number of nitrogens with zero attached hydrogens (tertiary/aromatic N) is 1. The summed E-state index contributed by atoms with van der Waals surface area (Å²) in [4.78, 5) is 0. The molecule has 0 aliphatic heterocycles. The lowest BCUT2D eigenvalue weighted by atomic mass is 10.0. The molecule has 0 aromatic carbocycles. The van der Waals surface area contributed by atoms with Crippen molar-refractivity contribution in [3.8, 4) is 0 Å². The van der Waals surface area contributed by atoms with Crippen LogP contribution in [0, 0.1) is 71.0 Å². The van der Waals surface area contributed by atoms with E-state index in [1.165, 1.54) is 103 Å². The predicted octanol–water partition coefficient (Wildman–Crippen LogP) is 12.8. The van der Waals surface area contributed by atoms with Gasteiger partial charge < -0.3 is 14.0 Å². The van der Waals surface area contributed by atoms with E-state index in [1.54, 1.807) is 64.2 Å². The average Bonchev–Trinajstić information content (AvgIpc) is 3.87. The highest BCUT2D eigenvalue weighted by molar-refractivity contribution is 5.00. The number of likely N-dealkylation sites (N-methyl/N-ethyl adjacent to an activating group) is 1. The second kappa shape index (κ2) is 20.2. The third-order valence-corrected chi connectivity index (χ3v) is 15.2. The standard InChI is InChI=1S/C48H88NO2/c1-6-8-12-18-36-24-40(36)28-44-32-46(44)30-42-26-38(42)20-14-10-16-22-50-35-48(34-49(3,4)5)51-23-17-11-15-21-39-27-43(39)31-47-33-45(47)29-41-25-37(41)19-13-9-7-2/h36-48H,6-35H2,1-5H3/q+1. The van der Waals surface area contributed by atoms with Crippen LogP contribution in [-0.4, -0.2) is 58.1 Å². The van der Waals surface area contributed by atoms with E-state index in [1.807, 2.05) is 0 Å². The summed E-state index contributed by atoms with van der Waals surface area (Å²) < 4.78 is 13.6. The predicted molar refractivity (Wildman–Crippen MR) is 217 cm³/mol. The Labute approximate surface area is 318 Å². The van der Waals surface area contributed by atoms with Crippen molar-refractivity contribution < 1.29 is 14.0 Å². The van der Waals surface area contributed by atoms with Gasteiger partial charge in [-0.15, -0.1) is 0 Å². The van der Waals surface area contributed by atoms with Crippen LogP contribution in [0.25, 0.3) is 0 Å². The largest absolute Gasteiger partial charge is 0.379 e. The van der Waals surface area contributed by atoms with Gasteiger partial charge in [-0.05, 0) is 148 Å².